The van der Waals surface area contributed by atoms with Crippen molar-refractivity contribution in [3.8, 4) is 0 Å². The van der Waals surface area contributed by atoms with E-state index in [-0.39, 0.29) is 23.3 Å². The van der Waals surface area contributed by atoms with E-state index in [1.165, 1.54) is 5.01 Å². The average molecular weight is 395 g/mol. The number of carbonyl (C=O) groups excluding carboxylic acids is 2. The van der Waals surface area contributed by atoms with Crippen LogP contribution in [-0.2, 0) is 0 Å². The van der Waals surface area contributed by atoms with Crippen LogP contribution in [0, 0.1) is 26.2 Å². The van der Waals surface area contributed by atoms with E-state index >= 15 is 0 Å². The van der Waals surface area contributed by atoms with Crippen LogP contribution in [0.1, 0.15) is 77.9 Å². The Bertz CT molecular complexity index is 860. The van der Waals surface area contributed by atoms with Gasteiger partial charge in [-0.2, -0.15) is 0 Å². The highest BCUT2D eigenvalue weighted by atomic mass is 16.2. The Morgan fingerprint density at radius 3 is 1.97 bits per heavy atom. The molecule has 4 heteroatoms. The predicted molar refractivity (Wildman–Crippen MR) is 119 cm³/mol. The van der Waals surface area contributed by atoms with Gasteiger partial charge in [0.25, 0.3) is 11.8 Å². The van der Waals surface area contributed by atoms with Crippen molar-refractivity contribution in [1.29, 1.82) is 0 Å². The summed E-state index contributed by atoms with van der Waals surface area (Å²) in [6.07, 6.45) is 1.82. The van der Waals surface area contributed by atoms with Crippen LogP contribution in [0.3, 0.4) is 0 Å². The summed E-state index contributed by atoms with van der Waals surface area (Å²) in [7, 11) is 0. The third kappa shape index (κ3) is 6.01. The minimum absolute atomic E-state index is 0.0175. The van der Waals surface area contributed by atoms with Crippen LogP contribution >= 0.6 is 0 Å². The largest absolute Gasteiger partial charge is 0.275 e. The number of hydrogen-bond donors (Lipinski definition) is 1. The van der Waals surface area contributed by atoms with Crippen LogP contribution in [0.15, 0.2) is 42.5 Å². The molecule has 0 heterocycles. The number of benzene rings is 2. The Morgan fingerprint density at radius 2 is 1.45 bits per heavy atom. The normalized spacial score (nSPS) is 12.5. The fourth-order valence-corrected chi connectivity index (χ4v) is 3.48. The Balaban J connectivity index is 2.49. The maximum Gasteiger partial charge on any atom is 0.275 e. The molecule has 0 aliphatic heterocycles. The standard InChI is InChI=1S/C25H34N2O2/c1-8-10-22(25(5,6)7)26-27(23(28)20-12-9-11-17(2)14-20)24(29)21-15-18(3)13-19(4)16-21/h9,11-16,22,26H,8,10H2,1-7H3. The quantitative estimate of drug-likeness (QED) is 0.511. The van der Waals surface area contributed by atoms with Crippen LogP contribution in [0.4, 0.5) is 0 Å². The molecule has 2 rings (SSSR count). The molecule has 0 spiro atoms. The first kappa shape index (κ1) is 22.8. The second kappa shape index (κ2) is 9.36. The molecule has 1 N–H and O–H groups in total. The van der Waals surface area contributed by atoms with Gasteiger partial charge in [0, 0.05) is 17.2 Å². The van der Waals surface area contributed by atoms with E-state index in [0.29, 0.717) is 11.1 Å². The van der Waals surface area contributed by atoms with Gasteiger partial charge in [0.2, 0.25) is 0 Å². The first-order chi connectivity index (χ1) is 13.5. The topological polar surface area (TPSA) is 49.4 Å². The molecule has 1 atom stereocenters. The molecule has 0 aliphatic carbocycles. The highest BCUT2D eigenvalue weighted by molar-refractivity contribution is 6.10. The molecular formula is C25H34N2O2. The summed E-state index contributed by atoms with van der Waals surface area (Å²) in [5.74, 6) is -0.656. The van der Waals surface area contributed by atoms with Crippen molar-refractivity contribution in [3.63, 3.8) is 0 Å². The van der Waals surface area contributed by atoms with Crippen molar-refractivity contribution < 1.29 is 9.59 Å². The lowest BCUT2D eigenvalue weighted by Gasteiger charge is -2.35. The number of nitrogens with zero attached hydrogens (tertiary/aromatic N) is 1. The van der Waals surface area contributed by atoms with Crippen molar-refractivity contribution in [2.45, 2.75) is 67.3 Å². The second-order valence-corrected chi connectivity index (χ2v) is 9.03. The predicted octanol–water partition coefficient (Wildman–Crippen LogP) is 5.61. The van der Waals surface area contributed by atoms with Crippen LogP contribution < -0.4 is 5.43 Å². The third-order valence-electron chi connectivity index (χ3n) is 5.05. The van der Waals surface area contributed by atoms with E-state index in [1.807, 2.05) is 57.2 Å². The summed E-state index contributed by atoms with van der Waals surface area (Å²) in [5.41, 5.74) is 7.17. The van der Waals surface area contributed by atoms with Crippen LogP contribution in [-0.4, -0.2) is 22.9 Å². The molecule has 4 nitrogen and oxygen atoms in total. The maximum absolute atomic E-state index is 13.5. The molecule has 29 heavy (non-hydrogen) atoms. The van der Waals surface area contributed by atoms with Crippen molar-refractivity contribution in [2.24, 2.45) is 5.41 Å². The summed E-state index contributed by atoms with van der Waals surface area (Å²) in [4.78, 5) is 26.8. The van der Waals surface area contributed by atoms with Crippen molar-refractivity contribution in [3.05, 3.63) is 70.3 Å². The summed E-state index contributed by atoms with van der Waals surface area (Å²) in [5, 5.41) is 1.22. The number of hydrogen-bond acceptors (Lipinski definition) is 3. The van der Waals surface area contributed by atoms with E-state index in [0.717, 1.165) is 29.5 Å². The molecule has 1 unspecified atom stereocenters. The molecule has 0 bridgehead atoms. The van der Waals surface area contributed by atoms with Crippen LogP contribution in [0.25, 0.3) is 0 Å². The lowest BCUT2D eigenvalue weighted by molar-refractivity contribution is 0.0425. The maximum atomic E-state index is 13.5. The first-order valence-corrected chi connectivity index (χ1v) is 10.3. The molecule has 0 saturated carbocycles. The van der Waals surface area contributed by atoms with Gasteiger partial charge in [-0.3, -0.25) is 9.59 Å². The van der Waals surface area contributed by atoms with Crippen molar-refractivity contribution in [1.82, 2.24) is 10.4 Å². The zero-order valence-electron chi connectivity index (χ0n) is 18.8. The number of hydrazine groups is 1. The molecule has 2 amide bonds. The Hall–Kier alpha value is -2.46. The van der Waals surface area contributed by atoms with E-state index in [4.69, 9.17) is 0 Å². The van der Waals surface area contributed by atoms with E-state index < -0.39 is 0 Å². The zero-order chi connectivity index (χ0) is 21.8. The van der Waals surface area contributed by atoms with Gasteiger partial charge in [0.15, 0.2) is 0 Å². The smallest absolute Gasteiger partial charge is 0.267 e. The van der Waals surface area contributed by atoms with Crippen molar-refractivity contribution in [2.75, 3.05) is 0 Å². The number of nitrogens with one attached hydrogen (secondary N) is 1. The van der Waals surface area contributed by atoms with Crippen molar-refractivity contribution >= 4 is 11.8 Å². The van der Waals surface area contributed by atoms with Gasteiger partial charge in [0.1, 0.15) is 0 Å². The van der Waals surface area contributed by atoms with Gasteiger partial charge >= 0.3 is 0 Å². The Morgan fingerprint density at radius 1 is 0.897 bits per heavy atom. The molecule has 2 aromatic rings. The highest BCUT2D eigenvalue weighted by Crippen LogP contribution is 2.24. The lowest BCUT2D eigenvalue weighted by atomic mass is 9.84. The molecule has 0 radical (unpaired) electrons. The van der Waals surface area contributed by atoms with Crippen LogP contribution in [0.2, 0.25) is 0 Å². The molecule has 0 saturated heterocycles. The molecule has 0 aliphatic rings. The molecule has 2 aromatic carbocycles. The van der Waals surface area contributed by atoms with Gasteiger partial charge < -0.3 is 0 Å². The average Bonchev–Trinajstić information content (AvgIpc) is 2.62. The Kier molecular flexibility index (Phi) is 7.37. The molecular weight excluding hydrogens is 360 g/mol. The summed E-state index contributed by atoms with van der Waals surface area (Å²) in [6, 6.07) is 13.0. The van der Waals surface area contributed by atoms with E-state index in [1.54, 1.807) is 6.07 Å². The SMILES string of the molecule is CCCC(NN(C(=O)c1cccc(C)c1)C(=O)c1cc(C)cc(C)c1)C(C)(C)C. The number of aryl methyl sites for hydroxylation is 3. The summed E-state index contributed by atoms with van der Waals surface area (Å²) < 4.78 is 0. The molecule has 156 valence electrons. The van der Waals surface area contributed by atoms with Gasteiger partial charge in [-0.25, -0.2) is 10.4 Å². The molecule has 0 aromatic heterocycles. The minimum Gasteiger partial charge on any atom is -0.267 e. The van der Waals surface area contributed by atoms with E-state index in [2.05, 4.69) is 33.1 Å². The first-order valence-electron chi connectivity index (χ1n) is 10.3. The van der Waals surface area contributed by atoms with Gasteiger partial charge in [-0.05, 0) is 56.9 Å². The van der Waals surface area contributed by atoms with Gasteiger partial charge in [-0.1, -0.05) is 69.0 Å². The summed E-state index contributed by atoms with van der Waals surface area (Å²) >= 11 is 0. The number of rotatable bonds is 6. The number of imide groups is 1. The second-order valence-electron chi connectivity index (χ2n) is 9.03. The van der Waals surface area contributed by atoms with Crippen LogP contribution in [0.5, 0.6) is 0 Å². The zero-order valence-corrected chi connectivity index (χ0v) is 18.8. The third-order valence-corrected chi connectivity index (χ3v) is 5.05. The van der Waals surface area contributed by atoms with Gasteiger partial charge in [0.05, 0.1) is 0 Å². The lowest BCUT2D eigenvalue weighted by Crippen LogP contribution is -2.55. The fraction of sp³-hybridized carbons (Fsp3) is 0.440. The minimum atomic E-state index is -0.330. The fourth-order valence-electron chi connectivity index (χ4n) is 3.48. The van der Waals surface area contributed by atoms with E-state index in [9.17, 15) is 9.59 Å². The Labute approximate surface area is 175 Å². The molecule has 0 fully saturated rings. The highest BCUT2D eigenvalue weighted by Gasteiger charge is 2.32. The number of carbonyl (C=O) groups is 2. The van der Waals surface area contributed by atoms with Gasteiger partial charge in [-0.15, -0.1) is 0 Å². The number of amides is 2. The monoisotopic (exact) mass is 394 g/mol. The summed E-state index contributed by atoms with van der Waals surface area (Å²) in [6.45, 7) is 14.3.